The van der Waals surface area contributed by atoms with E-state index in [1.165, 1.54) is 4.90 Å². The van der Waals surface area contributed by atoms with Gasteiger partial charge >= 0.3 is 12.0 Å². The number of nitrogens with zero attached hydrogens (tertiary/aromatic N) is 1. The maximum atomic E-state index is 12.1. The molecule has 0 spiro atoms. The van der Waals surface area contributed by atoms with Crippen LogP contribution in [-0.4, -0.2) is 30.2 Å². The zero-order valence-corrected chi connectivity index (χ0v) is 12.4. The Morgan fingerprint density at radius 1 is 1.30 bits per heavy atom. The first kappa shape index (κ1) is 16.0. The van der Waals surface area contributed by atoms with Crippen LogP contribution in [0.3, 0.4) is 0 Å². The minimum absolute atomic E-state index is 0.122. The molecule has 0 heterocycles. The van der Waals surface area contributed by atoms with Crippen molar-refractivity contribution in [1.29, 1.82) is 0 Å². The number of urea groups is 1. The van der Waals surface area contributed by atoms with E-state index in [1.54, 1.807) is 7.05 Å². The van der Waals surface area contributed by atoms with E-state index >= 15 is 0 Å². The molecule has 2 N–H and O–H groups in total. The van der Waals surface area contributed by atoms with Crippen LogP contribution < -0.4 is 10.2 Å². The maximum absolute atomic E-state index is 12.1. The maximum Gasteiger partial charge on any atom is 0.326 e. The number of rotatable bonds is 5. The Morgan fingerprint density at radius 2 is 1.85 bits per heavy atom. The minimum atomic E-state index is -1.01. The molecule has 1 aromatic rings. The molecule has 5 nitrogen and oxygen atoms in total. The van der Waals surface area contributed by atoms with Gasteiger partial charge in [-0.2, -0.15) is 0 Å². The fourth-order valence-electron chi connectivity index (χ4n) is 1.80. The van der Waals surface area contributed by atoms with Gasteiger partial charge < -0.3 is 10.4 Å². The summed E-state index contributed by atoms with van der Waals surface area (Å²) in [6.07, 6.45) is 0.686. The summed E-state index contributed by atoms with van der Waals surface area (Å²) < 4.78 is 0. The predicted octanol–water partition coefficient (Wildman–Crippen LogP) is 2.64. The van der Waals surface area contributed by atoms with E-state index in [-0.39, 0.29) is 5.92 Å². The van der Waals surface area contributed by atoms with E-state index in [9.17, 15) is 14.7 Å². The number of aryl methyl sites for hydroxylation is 1. The van der Waals surface area contributed by atoms with Crippen LogP contribution in [0.25, 0.3) is 0 Å². The highest BCUT2D eigenvalue weighted by Crippen LogP contribution is 2.14. The molecule has 1 aromatic carbocycles. The molecule has 2 atom stereocenters. The van der Waals surface area contributed by atoms with Gasteiger partial charge in [-0.05, 0) is 25.0 Å². The Labute approximate surface area is 119 Å². The first-order valence-electron chi connectivity index (χ1n) is 6.70. The van der Waals surface area contributed by atoms with Crippen LogP contribution in [0.5, 0.6) is 0 Å². The van der Waals surface area contributed by atoms with Crippen molar-refractivity contribution >= 4 is 17.7 Å². The summed E-state index contributed by atoms with van der Waals surface area (Å²) in [5.41, 5.74) is 1.83. The number of aliphatic carboxylic acids is 1. The van der Waals surface area contributed by atoms with Crippen LogP contribution in [0.15, 0.2) is 24.3 Å². The van der Waals surface area contributed by atoms with Gasteiger partial charge in [0.15, 0.2) is 0 Å². The van der Waals surface area contributed by atoms with E-state index in [4.69, 9.17) is 0 Å². The number of hydrogen-bond acceptors (Lipinski definition) is 2. The van der Waals surface area contributed by atoms with Crippen molar-refractivity contribution in [2.75, 3.05) is 11.9 Å². The van der Waals surface area contributed by atoms with Crippen LogP contribution in [0, 0.1) is 12.8 Å². The molecule has 0 saturated carbocycles. The van der Waals surface area contributed by atoms with E-state index < -0.39 is 18.0 Å². The Morgan fingerprint density at radius 3 is 2.30 bits per heavy atom. The number of benzene rings is 1. The smallest absolute Gasteiger partial charge is 0.326 e. The van der Waals surface area contributed by atoms with Crippen molar-refractivity contribution in [3.63, 3.8) is 0 Å². The normalized spacial score (nSPS) is 13.4. The quantitative estimate of drug-likeness (QED) is 0.870. The molecule has 110 valence electrons. The lowest BCUT2D eigenvalue weighted by Crippen LogP contribution is -2.49. The summed E-state index contributed by atoms with van der Waals surface area (Å²) in [5.74, 6) is -1.13. The first-order chi connectivity index (χ1) is 9.36. The van der Waals surface area contributed by atoms with Crippen molar-refractivity contribution in [2.45, 2.75) is 33.2 Å². The van der Waals surface area contributed by atoms with Gasteiger partial charge in [-0.3, -0.25) is 4.90 Å². The fraction of sp³-hybridized carbons (Fsp3) is 0.467. The second-order valence-corrected chi connectivity index (χ2v) is 5.05. The van der Waals surface area contributed by atoms with Gasteiger partial charge in [0.25, 0.3) is 0 Å². The van der Waals surface area contributed by atoms with Gasteiger partial charge in [0.1, 0.15) is 6.04 Å². The predicted molar refractivity (Wildman–Crippen MR) is 79.0 cm³/mol. The molecular formula is C15H22N2O3. The van der Waals surface area contributed by atoms with Gasteiger partial charge in [0.05, 0.1) is 0 Å². The first-order valence-corrected chi connectivity index (χ1v) is 6.70. The number of amides is 2. The molecule has 0 aliphatic rings. The third kappa shape index (κ3) is 3.98. The molecule has 0 bridgehead atoms. The average molecular weight is 278 g/mol. The minimum Gasteiger partial charge on any atom is -0.480 e. The molecule has 0 aliphatic carbocycles. The molecule has 0 radical (unpaired) electrons. The van der Waals surface area contributed by atoms with Gasteiger partial charge in [-0.1, -0.05) is 38.0 Å². The fourth-order valence-corrected chi connectivity index (χ4v) is 1.80. The molecule has 0 aromatic heterocycles. The topological polar surface area (TPSA) is 69.6 Å². The van der Waals surface area contributed by atoms with Crippen LogP contribution in [0.1, 0.15) is 25.8 Å². The Kier molecular flexibility index (Phi) is 5.55. The summed E-state index contributed by atoms with van der Waals surface area (Å²) in [7, 11) is 1.62. The molecule has 20 heavy (non-hydrogen) atoms. The highest BCUT2D eigenvalue weighted by molar-refractivity contribution is 5.94. The number of hydrogen-bond donors (Lipinski definition) is 2. The van der Waals surface area contributed by atoms with E-state index in [2.05, 4.69) is 5.32 Å². The summed E-state index contributed by atoms with van der Waals surface area (Å²) >= 11 is 0. The standard InChI is InChI=1S/C15H22N2O3/c1-5-11(3)13(14(18)19)16-15(20)17(4)12-8-6-10(2)7-9-12/h6-9,11,13H,5H2,1-4H3,(H,16,20)(H,18,19)/t11-,13-/m0/s1. The largest absolute Gasteiger partial charge is 0.480 e. The van der Waals surface area contributed by atoms with Crippen molar-refractivity contribution < 1.29 is 14.7 Å². The lowest BCUT2D eigenvalue weighted by atomic mass is 9.99. The third-order valence-electron chi connectivity index (χ3n) is 3.48. The summed E-state index contributed by atoms with van der Waals surface area (Å²) in [6.45, 7) is 5.68. The summed E-state index contributed by atoms with van der Waals surface area (Å²) in [5, 5.41) is 11.7. The van der Waals surface area contributed by atoms with E-state index in [0.29, 0.717) is 6.42 Å². The average Bonchev–Trinajstić information content (AvgIpc) is 2.43. The van der Waals surface area contributed by atoms with Gasteiger partial charge in [0, 0.05) is 12.7 Å². The van der Waals surface area contributed by atoms with Crippen LogP contribution >= 0.6 is 0 Å². The Balaban J connectivity index is 2.78. The van der Waals surface area contributed by atoms with Crippen molar-refractivity contribution in [1.82, 2.24) is 5.32 Å². The zero-order valence-electron chi connectivity index (χ0n) is 12.4. The number of nitrogens with one attached hydrogen (secondary N) is 1. The molecule has 2 amide bonds. The molecule has 5 heteroatoms. The highest BCUT2D eigenvalue weighted by atomic mass is 16.4. The number of anilines is 1. The number of carbonyl (C=O) groups is 2. The molecule has 0 saturated heterocycles. The van der Waals surface area contributed by atoms with E-state index in [0.717, 1.165) is 11.3 Å². The summed E-state index contributed by atoms with van der Waals surface area (Å²) in [6, 6.07) is 6.18. The monoisotopic (exact) mass is 278 g/mol. The van der Waals surface area contributed by atoms with Gasteiger partial charge in [0.2, 0.25) is 0 Å². The zero-order chi connectivity index (χ0) is 15.3. The second-order valence-electron chi connectivity index (χ2n) is 5.05. The molecule has 1 rings (SSSR count). The SMILES string of the molecule is CC[C@H](C)[C@H](NC(=O)N(C)c1ccc(C)cc1)C(=O)O. The molecule has 0 unspecified atom stereocenters. The lowest BCUT2D eigenvalue weighted by molar-refractivity contribution is -0.140. The molecule has 0 aliphatic heterocycles. The number of carboxylic acid groups (broad SMARTS) is 1. The Hall–Kier alpha value is -2.04. The van der Waals surface area contributed by atoms with Crippen molar-refractivity contribution in [3.05, 3.63) is 29.8 Å². The molecular weight excluding hydrogens is 256 g/mol. The van der Waals surface area contributed by atoms with E-state index in [1.807, 2.05) is 45.0 Å². The Bertz CT molecular complexity index is 471. The van der Waals surface area contributed by atoms with Crippen molar-refractivity contribution in [3.8, 4) is 0 Å². The lowest BCUT2D eigenvalue weighted by Gasteiger charge is -2.24. The van der Waals surface area contributed by atoms with Crippen LogP contribution in [0.4, 0.5) is 10.5 Å². The summed E-state index contributed by atoms with van der Waals surface area (Å²) in [4.78, 5) is 24.7. The second kappa shape index (κ2) is 6.93. The number of carbonyl (C=O) groups excluding carboxylic acids is 1. The number of carboxylic acids is 1. The van der Waals surface area contributed by atoms with Crippen molar-refractivity contribution in [2.24, 2.45) is 5.92 Å². The van der Waals surface area contributed by atoms with Crippen LogP contribution in [0.2, 0.25) is 0 Å². The van der Waals surface area contributed by atoms with Gasteiger partial charge in [-0.15, -0.1) is 0 Å². The highest BCUT2D eigenvalue weighted by Gasteiger charge is 2.26. The van der Waals surface area contributed by atoms with Gasteiger partial charge in [-0.25, -0.2) is 9.59 Å². The third-order valence-corrected chi connectivity index (χ3v) is 3.48. The molecule has 0 fully saturated rings. The van der Waals surface area contributed by atoms with Crippen LogP contribution in [-0.2, 0) is 4.79 Å².